The van der Waals surface area contributed by atoms with Crippen LogP contribution in [-0.4, -0.2) is 13.3 Å². The number of allylic oxidation sites excluding steroid dienone is 2. The molecule has 0 saturated heterocycles. The van der Waals surface area contributed by atoms with Crippen LogP contribution in [0.3, 0.4) is 0 Å². The molecule has 0 spiro atoms. The van der Waals surface area contributed by atoms with Crippen molar-refractivity contribution in [1.29, 1.82) is 0 Å². The minimum atomic E-state index is -4.10. The number of hydrogen-bond donors (Lipinski definition) is 1. The van der Waals surface area contributed by atoms with Crippen LogP contribution < -0.4 is 4.72 Å². The molecule has 6 nitrogen and oxygen atoms in total. The average molecular weight is 360 g/mol. The largest absolute Gasteiger partial charge is 0.289 e. The minimum Gasteiger partial charge on any atom is -0.279 e. The van der Waals surface area contributed by atoms with Gasteiger partial charge in [-0.15, -0.1) is 0 Å². The second kappa shape index (κ2) is 7.48. The van der Waals surface area contributed by atoms with Crippen LogP contribution in [0.2, 0.25) is 0 Å². The second-order valence-electron chi connectivity index (χ2n) is 5.68. The first-order chi connectivity index (χ1) is 11.8. The average Bonchev–Trinajstić information content (AvgIpc) is 2.56. The van der Waals surface area contributed by atoms with E-state index in [1.54, 1.807) is 13.0 Å². The fourth-order valence-electron chi connectivity index (χ4n) is 2.63. The standard InChI is InChI=1S/C18H20N2O4S/c1-4-8-13(2)15-10-7-9-14(3)18(15)19-25(23,24)17-12-6-5-11-16(17)20(21)22/h4-13,19H,1-3H3/b8-4+. The number of benzene rings is 2. The zero-order valence-corrected chi connectivity index (χ0v) is 15.1. The Morgan fingerprint density at radius 3 is 2.48 bits per heavy atom. The second-order valence-corrected chi connectivity index (χ2v) is 7.33. The molecule has 7 heteroatoms. The van der Waals surface area contributed by atoms with Crippen LogP contribution >= 0.6 is 0 Å². The van der Waals surface area contributed by atoms with Gasteiger partial charge in [0.15, 0.2) is 4.90 Å². The van der Waals surface area contributed by atoms with Crippen molar-refractivity contribution < 1.29 is 13.3 Å². The van der Waals surface area contributed by atoms with E-state index in [0.717, 1.165) is 11.1 Å². The van der Waals surface area contributed by atoms with Gasteiger partial charge in [-0.1, -0.05) is 49.4 Å². The first kappa shape index (κ1) is 18.7. The van der Waals surface area contributed by atoms with Crippen molar-refractivity contribution in [2.45, 2.75) is 31.6 Å². The minimum absolute atomic E-state index is 0.00615. The number of rotatable bonds is 6. The number of para-hydroxylation sites is 2. The van der Waals surface area contributed by atoms with E-state index >= 15 is 0 Å². The van der Waals surface area contributed by atoms with Crippen molar-refractivity contribution in [3.8, 4) is 0 Å². The van der Waals surface area contributed by atoms with Crippen molar-refractivity contribution in [3.05, 3.63) is 75.9 Å². The van der Waals surface area contributed by atoms with Crippen molar-refractivity contribution in [1.82, 2.24) is 0 Å². The molecular formula is C18H20N2O4S. The molecule has 0 heterocycles. The molecule has 2 aromatic carbocycles. The molecule has 0 fully saturated rings. The van der Waals surface area contributed by atoms with Crippen LogP contribution in [0, 0.1) is 17.0 Å². The summed E-state index contributed by atoms with van der Waals surface area (Å²) in [4.78, 5) is 10.1. The summed E-state index contributed by atoms with van der Waals surface area (Å²) in [6.45, 7) is 5.64. The molecule has 2 rings (SSSR count). The summed E-state index contributed by atoms with van der Waals surface area (Å²) in [7, 11) is -4.10. The highest BCUT2D eigenvalue weighted by Gasteiger charge is 2.26. The molecule has 0 radical (unpaired) electrons. The fourth-order valence-corrected chi connectivity index (χ4v) is 3.96. The van der Waals surface area contributed by atoms with Gasteiger partial charge in [0, 0.05) is 12.0 Å². The number of aryl methyl sites for hydroxylation is 1. The van der Waals surface area contributed by atoms with Crippen molar-refractivity contribution in [2.75, 3.05) is 4.72 Å². The fraction of sp³-hybridized carbons (Fsp3) is 0.222. The third-order valence-electron chi connectivity index (χ3n) is 3.86. The van der Waals surface area contributed by atoms with E-state index in [1.807, 2.05) is 38.1 Å². The van der Waals surface area contributed by atoms with Gasteiger partial charge in [-0.2, -0.15) is 0 Å². The van der Waals surface area contributed by atoms with Crippen LogP contribution in [0.1, 0.15) is 30.9 Å². The van der Waals surface area contributed by atoms with Gasteiger partial charge >= 0.3 is 0 Å². The Balaban J connectivity index is 2.55. The van der Waals surface area contributed by atoms with Crippen LogP contribution in [-0.2, 0) is 10.0 Å². The third-order valence-corrected chi connectivity index (χ3v) is 5.26. The summed E-state index contributed by atoms with van der Waals surface area (Å²) in [5, 5.41) is 11.2. The Morgan fingerprint density at radius 2 is 1.84 bits per heavy atom. The first-order valence-corrected chi connectivity index (χ1v) is 9.24. The maximum absolute atomic E-state index is 12.8. The van der Waals surface area contributed by atoms with E-state index in [1.165, 1.54) is 24.3 Å². The maximum atomic E-state index is 12.8. The van der Waals surface area contributed by atoms with Gasteiger partial charge in [-0.25, -0.2) is 8.42 Å². The van der Waals surface area contributed by atoms with E-state index in [9.17, 15) is 18.5 Å². The summed E-state index contributed by atoms with van der Waals surface area (Å²) in [6, 6.07) is 10.8. The molecule has 0 amide bonds. The van der Waals surface area contributed by atoms with E-state index < -0.39 is 20.6 Å². The van der Waals surface area contributed by atoms with Gasteiger partial charge < -0.3 is 0 Å². The predicted molar refractivity (Wildman–Crippen MR) is 98.3 cm³/mol. The number of nitrogens with one attached hydrogen (secondary N) is 1. The number of nitro benzene ring substituents is 1. The maximum Gasteiger partial charge on any atom is 0.289 e. The molecule has 0 saturated carbocycles. The molecule has 0 aromatic heterocycles. The molecule has 132 valence electrons. The van der Waals surface area contributed by atoms with E-state index in [2.05, 4.69) is 4.72 Å². The number of nitrogens with zero attached hydrogens (tertiary/aromatic N) is 1. The lowest BCUT2D eigenvalue weighted by atomic mass is 9.96. The van der Waals surface area contributed by atoms with Crippen LogP contribution in [0.4, 0.5) is 11.4 Å². The third kappa shape index (κ3) is 4.06. The molecule has 1 unspecified atom stereocenters. The molecular weight excluding hydrogens is 340 g/mol. The van der Waals surface area contributed by atoms with Gasteiger partial charge in [-0.05, 0) is 31.0 Å². The zero-order chi connectivity index (χ0) is 18.6. The highest BCUT2D eigenvalue weighted by atomic mass is 32.2. The Labute approximate surface area is 147 Å². The SMILES string of the molecule is C/C=C/C(C)c1cccc(C)c1NS(=O)(=O)c1ccccc1[N+](=O)[O-]. The van der Waals surface area contributed by atoms with E-state index in [4.69, 9.17) is 0 Å². The number of nitro groups is 1. The van der Waals surface area contributed by atoms with Crippen LogP contribution in [0.15, 0.2) is 59.5 Å². The first-order valence-electron chi connectivity index (χ1n) is 7.76. The Morgan fingerprint density at radius 1 is 1.16 bits per heavy atom. The molecule has 0 aliphatic carbocycles. The highest BCUT2D eigenvalue weighted by molar-refractivity contribution is 7.92. The van der Waals surface area contributed by atoms with Crippen LogP contribution in [0.5, 0.6) is 0 Å². The molecule has 2 aromatic rings. The summed E-state index contributed by atoms with van der Waals surface area (Å²) in [5.74, 6) is -0.00615. The lowest BCUT2D eigenvalue weighted by Gasteiger charge is -2.18. The van der Waals surface area contributed by atoms with Crippen LogP contribution in [0.25, 0.3) is 0 Å². The quantitative estimate of drug-likeness (QED) is 0.470. The summed E-state index contributed by atoms with van der Waals surface area (Å²) >= 11 is 0. The topological polar surface area (TPSA) is 89.3 Å². The number of anilines is 1. The molecule has 0 aliphatic heterocycles. The Bertz CT molecular complexity index is 920. The molecule has 1 atom stereocenters. The lowest BCUT2D eigenvalue weighted by molar-refractivity contribution is -0.387. The van der Waals surface area contributed by atoms with Crippen molar-refractivity contribution >= 4 is 21.4 Å². The predicted octanol–water partition coefficient (Wildman–Crippen LogP) is 4.38. The zero-order valence-electron chi connectivity index (χ0n) is 14.3. The Kier molecular flexibility index (Phi) is 5.58. The van der Waals surface area contributed by atoms with Gasteiger partial charge in [0.05, 0.1) is 10.6 Å². The number of sulfonamides is 1. The summed E-state index contributed by atoms with van der Waals surface area (Å²) in [5.41, 5.74) is 1.55. The molecule has 0 bridgehead atoms. The monoisotopic (exact) mass is 360 g/mol. The molecule has 0 aliphatic rings. The Hall–Kier alpha value is -2.67. The molecule has 25 heavy (non-hydrogen) atoms. The van der Waals surface area contributed by atoms with E-state index in [0.29, 0.717) is 5.69 Å². The summed E-state index contributed by atoms with van der Waals surface area (Å²) in [6.07, 6.45) is 3.85. The number of hydrogen-bond acceptors (Lipinski definition) is 4. The van der Waals surface area contributed by atoms with Crippen molar-refractivity contribution in [3.63, 3.8) is 0 Å². The van der Waals surface area contributed by atoms with Gasteiger partial charge in [0.2, 0.25) is 0 Å². The van der Waals surface area contributed by atoms with Gasteiger partial charge in [0.25, 0.3) is 15.7 Å². The van der Waals surface area contributed by atoms with Gasteiger partial charge in [-0.3, -0.25) is 14.8 Å². The summed E-state index contributed by atoms with van der Waals surface area (Å²) < 4.78 is 28.1. The lowest BCUT2D eigenvalue weighted by Crippen LogP contribution is -2.17. The highest BCUT2D eigenvalue weighted by Crippen LogP contribution is 2.32. The molecule has 1 N–H and O–H groups in total. The van der Waals surface area contributed by atoms with Crippen molar-refractivity contribution in [2.24, 2.45) is 0 Å². The van der Waals surface area contributed by atoms with E-state index in [-0.39, 0.29) is 10.8 Å². The normalized spacial score (nSPS) is 12.9. The van der Waals surface area contributed by atoms with Gasteiger partial charge in [0.1, 0.15) is 0 Å². The smallest absolute Gasteiger partial charge is 0.279 e.